The number of hydrogen-bond acceptors (Lipinski definition) is 2. The summed E-state index contributed by atoms with van der Waals surface area (Å²) in [5, 5.41) is -0.0747. The van der Waals surface area contributed by atoms with E-state index in [1.807, 2.05) is 13.8 Å². The summed E-state index contributed by atoms with van der Waals surface area (Å²) < 4.78 is 12.9. The lowest BCUT2D eigenvalue weighted by Crippen LogP contribution is -2.07. The van der Waals surface area contributed by atoms with Crippen LogP contribution in [0.15, 0.2) is 18.2 Å². The second-order valence-corrected chi connectivity index (χ2v) is 5.10. The molecule has 0 fully saturated rings. The Labute approximate surface area is 111 Å². The molecule has 0 saturated heterocycles. The third-order valence-corrected chi connectivity index (χ3v) is 2.80. The molecular weight excluding hydrogens is 255 g/mol. The van der Waals surface area contributed by atoms with Gasteiger partial charge in [0.2, 0.25) is 0 Å². The quantitative estimate of drug-likeness (QED) is 0.731. The van der Waals surface area contributed by atoms with Gasteiger partial charge in [0.1, 0.15) is 11.6 Å². The number of benzene rings is 1. The van der Waals surface area contributed by atoms with Gasteiger partial charge in [0, 0.05) is 24.8 Å². The van der Waals surface area contributed by atoms with Gasteiger partial charge in [0.05, 0.1) is 5.02 Å². The molecule has 1 aromatic carbocycles. The van der Waals surface area contributed by atoms with Gasteiger partial charge >= 0.3 is 0 Å². The monoisotopic (exact) mass is 270 g/mol. The molecule has 1 rings (SSSR count). The summed E-state index contributed by atoms with van der Waals surface area (Å²) in [6, 6.07) is 3.84. The predicted molar refractivity (Wildman–Crippen MR) is 69.4 cm³/mol. The maximum absolute atomic E-state index is 12.9. The zero-order valence-electron chi connectivity index (χ0n) is 10.5. The summed E-state index contributed by atoms with van der Waals surface area (Å²) in [4.78, 5) is 23.2. The van der Waals surface area contributed by atoms with Crippen molar-refractivity contribution in [2.75, 3.05) is 0 Å². The zero-order chi connectivity index (χ0) is 13.7. The average molecular weight is 271 g/mol. The second kappa shape index (κ2) is 6.64. The van der Waals surface area contributed by atoms with E-state index in [1.165, 1.54) is 12.1 Å². The third kappa shape index (κ3) is 4.57. The maximum Gasteiger partial charge on any atom is 0.163 e. The predicted octanol–water partition coefficient (Wildman–Crippen LogP) is 4.06. The van der Waals surface area contributed by atoms with E-state index < -0.39 is 5.82 Å². The highest BCUT2D eigenvalue weighted by Crippen LogP contribution is 2.17. The first-order chi connectivity index (χ1) is 8.40. The van der Waals surface area contributed by atoms with Gasteiger partial charge in [-0.3, -0.25) is 9.59 Å². The van der Waals surface area contributed by atoms with Crippen molar-refractivity contribution in [3.8, 4) is 0 Å². The molecule has 0 radical (unpaired) electrons. The molecule has 1 aromatic rings. The van der Waals surface area contributed by atoms with Crippen molar-refractivity contribution in [1.82, 2.24) is 0 Å². The van der Waals surface area contributed by atoms with Crippen LogP contribution in [-0.4, -0.2) is 11.6 Å². The Morgan fingerprint density at radius 1 is 1.28 bits per heavy atom. The van der Waals surface area contributed by atoms with Crippen LogP contribution in [0.4, 0.5) is 4.39 Å². The number of hydrogen-bond donors (Lipinski definition) is 0. The molecule has 0 spiro atoms. The fraction of sp³-hybridized carbons (Fsp3) is 0.429. The van der Waals surface area contributed by atoms with Gasteiger partial charge in [-0.05, 0) is 24.1 Å². The minimum Gasteiger partial charge on any atom is -0.300 e. The highest BCUT2D eigenvalue weighted by molar-refractivity contribution is 6.31. The lowest BCUT2D eigenvalue weighted by atomic mass is 10.0. The van der Waals surface area contributed by atoms with E-state index in [2.05, 4.69) is 0 Å². The number of Topliss-reactive ketones (excluding diaryl/α,β-unsaturated/α-hetero) is 2. The fourth-order valence-electron chi connectivity index (χ4n) is 1.62. The van der Waals surface area contributed by atoms with Gasteiger partial charge in [-0.15, -0.1) is 0 Å². The molecular formula is C14H16ClFO2. The van der Waals surface area contributed by atoms with E-state index in [1.54, 1.807) is 0 Å². The molecule has 0 atom stereocenters. The summed E-state index contributed by atoms with van der Waals surface area (Å²) in [7, 11) is 0. The van der Waals surface area contributed by atoms with Gasteiger partial charge in [0.25, 0.3) is 0 Å². The van der Waals surface area contributed by atoms with Crippen LogP contribution in [0.3, 0.4) is 0 Å². The Bertz CT molecular complexity index is 455. The Hall–Kier alpha value is -1.22. The summed E-state index contributed by atoms with van der Waals surface area (Å²) >= 11 is 5.60. The Balaban J connectivity index is 2.55. The summed E-state index contributed by atoms with van der Waals surface area (Å²) in [6.07, 6.45) is 0.858. The Morgan fingerprint density at radius 2 is 1.94 bits per heavy atom. The largest absolute Gasteiger partial charge is 0.300 e. The molecule has 0 saturated carbocycles. The zero-order valence-corrected chi connectivity index (χ0v) is 11.3. The van der Waals surface area contributed by atoms with Crippen molar-refractivity contribution in [2.45, 2.75) is 33.1 Å². The Kier molecular flexibility index (Phi) is 5.48. The Morgan fingerprint density at radius 3 is 2.50 bits per heavy atom. The first-order valence-corrected chi connectivity index (χ1v) is 6.28. The minimum atomic E-state index is -0.552. The molecule has 0 amide bonds. The molecule has 0 aromatic heterocycles. The first-order valence-electron chi connectivity index (χ1n) is 5.90. The van der Waals surface area contributed by atoms with Crippen LogP contribution >= 0.6 is 11.6 Å². The average Bonchev–Trinajstić information content (AvgIpc) is 2.28. The van der Waals surface area contributed by atoms with Crippen LogP contribution in [0.25, 0.3) is 0 Å². The van der Waals surface area contributed by atoms with E-state index in [0.29, 0.717) is 17.9 Å². The number of halogens is 2. The lowest BCUT2D eigenvalue weighted by molar-refractivity contribution is -0.119. The van der Waals surface area contributed by atoms with E-state index >= 15 is 0 Å². The summed E-state index contributed by atoms with van der Waals surface area (Å²) in [5.41, 5.74) is 0.346. The van der Waals surface area contributed by atoms with Crippen LogP contribution in [0, 0.1) is 11.7 Å². The number of carbonyl (C=O) groups is 2. The van der Waals surface area contributed by atoms with Crippen molar-refractivity contribution in [3.63, 3.8) is 0 Å². The second-order valence-electron chi connectivity index (χ2n) is 4.69. The molecule has 2 nitrogen and oxygen atoms in total. The molecule has 0 bridgehead atoms. The smallest absolute Gasteiger partial charge is 0.163 e. The van der Waals surface area contributed by atoms with Gasteiger partial charge in [-0.2, -0.15) is 0 Å². The first kappa shape index (κ1) is 14.8. The van der Waals surface area contributed by atoms with Crippen LogP contribution in [0.2, 0.25) is 5.02 Å². The van der Waals surface area contributed by atoms with Crippen LogP contribution in [0.5, 0.6) is 0 Å². The molecule has 4 heteroatoms. The molecule has 0 aliphatic heterocycles. The van der Waals surface area contributed by atoms with Crippen molar-refractivity contribution in [3.05, 3.63) is 34.6 Å². The SMILES string of the molecule is CC(C)CC(=O)CCC(=O)c1ccc(F)c(Cl)c1. The number of carbonyl (C=O) groups excluding carboxylic acids is 2. The topological polar surface area (TPSA) is 34.1 Å². The van der Waals surface area contributed by atoms with E-state index in [4.69, 9.17) is 11.6 Å². The molecule has 0 unspecified atom stereocenters. The van der Waals surface area contributed by atoms with Crippen LogP contribution in [-0.2, 0) is 4.79 Å². The van der Waals surface area contributed by atoms with E-state index in [-0.39, 0.29) is 29.4 Å². The summed E-state index contributed by atoms with van der Waals surface area (Å²) in [5.74, 6) is -0.363. The van der Waals surface area contributed by atoms with Crippen molar-refractivity contribution in [2.24, 2.45) is 5.92 Å². The van der Waals surface area contributed by atoms with Crippen molar-refractivity contribution < 1.29 is 14.0 Å². The summed E-state index contributed by atoms with van der Waals surface area (Å²) in [6.45, 7) is 3.92. The number of ketones is 2. The molecule has 0 aliphatic carbocycles. The molecule has 18 heavy (non-hydrogen) atoms. The molecule has 98 valence electrons. The number of rotatable bonds is 6. The lowest BCUT2D eigenvalue weighted by Gasteiger charge is -2.04. The van der Waals surface area contributed by atoms with Gasteiger partial charge in [-0.25, -0.2) is 4.39 Å². The van der Waals surface area contributed by atoms with Crippen molar-refractivity contribution in [1.29, 1.82) is 0 Å². The molecule has 0 heterocycles. The van der Waals surface area contributed by atoms with E-state index in [9.17, 15) is 14.0 Å². The van der Waals surface area contributed by atoms with Gasteiger partial charge in [-0.1, -0.05) is 25.4 Å². The normalized spacial score (nSPS) is 10.7. The molecule has 0 aliphatic rings. The molecule has 0 N–H and O–H groups in total. The highest BCUT2D eigenvalue weighted by Gasteiger charge is 2.12. The van der Waals surface area contributed by atoms with Crippen LogP contribution in [0.1, 0.15) is 43.5 Å². The van der Waals surface area contributed by atoms with Gasteiger partial charge < -0.3 is 0 Å². The van der Waals surface area contributed by atoms with Crippen molar-refractivity contribution >= 4 is 23.2 Å². The third-order valence-electron chi connectivity index (χ3n) is 2.51. The maximum atomic E-state index is 12.9. The van der Waals surface area contributed by atoms with E-state index in [0.717, 1.165) is 6.07 Å². The highest BCUT2D eigenvalue weighted by atomic mass is 35.5. The minimum absolute atomic E-state index is 0.0747. The van der Waals surface area contributed by atoms with Crippen LogP contribution < -0.4 is 0 Å². The standard InChI is InChI=1S/C14H16ClFO2/c1-9(2)7-11(17)4-6-14(18)10-3-5-13(16)12(15)8-10/h3,5,8-9H,4,6-7H2,1-2H3. The fourth-order valence-corrected chi connectivity index (χ4v) is 1.80. The van der Waals surface area contributed by atoms with Gasteiger partial charge in [0.15, 0.2) is 5.78 Å².